The summed E-state index contributed by atoms with van der Waals surface area (Å²) in [5.74, 6) is 0. The van der Waals surface area contributed by atoms with Crippen molar-refractivity contribution in [2.45, 2.75) is 176 Å². The molecule has 0 aliphatic carbocycles. The molecule has 2 aromatic carbocycles. The lowest BCUT2D eigenvalue weighted by Gasteiger charge is -2.36. The molecule has 0 atom stereocenters. The van der Waals surface area contributed by atoms with Crippen molar-refractivity contribution in [2.24, 2.45) is 0 Å². The van der Waals surface area contributed by atoms with Crippen LogP contribution in [0.25, 0.3) is 0 Å². The van der Waals surface area contributed by atoms with E-state index in [4.69, 9.17) is 0 Å². The van der Waals surface area contributed by atoms with Gasteiger partial charge in [0.25, 0.3) is 0 Å². The maximum atomic E-state index is 2.55. The fraction of sp³-hybridized carbons (Fsp3) is 0.692. The zero-order valence-corrected chi connectivity index (χ0v) is 29.4. The second-order valence-corrected chi connectivity index (χ2v) is 18.5. The quantitative estimate of drug-likeness (QED) is 0.367. The van der Waals surface area contributed by atoms with Crippen LogP contribution in [0.2, 0.25) is 0 Å². The van der Waals surface area contributed by atoms with Crippen molar-refractivity contribution in [1.82, 2.24) is 0 Å². The molecule has 0 aliphatic heterocycles. The fourth-order valence-corrected chi connectivity index (χ4v) is 6.09. The fourth-order valence-electron chi connectivity index (χ4n) is 6.09. The Labute approximate surface area is 244 Å². The van der Waals surface area contributed by atoms with Gasteiger partial charge in [-0.1, -0.05) is 149 Å². The summed E-state index contributed by atoms with van der Waals surface area (Å²) in [5.41, 5.74) is 12.9. The molecule has 0 saturated heterocycles. The van der Waals surface area contributed by atoms with Crippen LogP contribution in [0.15, 0.2) is 24.3 Å². The summed E-state index contributed by atoms with van der Waals surface area (Å²) in [4.78, 5) is 0. The molecule has 0 aromatic heterocycles. The van der Waals surface area contributed by atoms with E-state index in [-0.39, 0.29) is 32.5 Å². The van der Waals surface area contributed by atoms with Gasteiger partial charge >= 0.3 is 0 Å². The van der Waals surface area contributed by atoms with E-state index in [2.05, 4.69) is 149 Å². The number of benzene rings is 2. The molecule has 39 heavy (non-hydrogen) atoms. The normalized spacial score (nSPS) is 14.2. The molecule has 0 N–H and O–H groups in total. The van der Waals surface area contributed by atoms with Gasteiger partial charge < -0.3 is 0 Å². The van der Waals surface area contributed by atoms with E-state index in [1.54, 1.807) is 22.3 Å². The van der Waals surface area contributed by atoms with Crippen molar-refractivity contribution < 1.29 is 0 Å². The van der Waals surface area contributed by atoms with E-state index < -0.39 is 0 Å². The Morgan fingerprint density at radius 3 is 0.846 bits per heavy atom. The van der Waals surface area contributed by atoms with Crippen molar-refractivity contribution in [2.75, 3.05) is 0 Å². The second kappa shape index (κ2) is 10.7. The molecule has 0 saturated carbocycles. The Hall–Kier alpha value is -1.56. The summed E-state index contributed by atoms with van der Waals surface area (Å²) in [7, 11) is 0. The summed E-state index contributed by atoms with van der Waals surface area (Å²) in [6.07, 6.45) is 3.40. The second-order valence-electron chi connectivity index (χ2n) is 18.5. The minimum atomic E-state index is 0.108. The third-order valence-corrected chi connectivity index (χ3v) is 8.18. The molecule has 0 heteroatoms. The molecule has 0 aliphatic rings. The lowest BCUT2D eigenvalue weighted by Crippen LogP contribution is -2.27. The maximum Gasteiger partial charge on any atom is -0.0126 e. The molecular weight excluding hydrogens is 468 g/mol. The number of hydrogen-bond acceptors (Lipinski definition) is 0. The highest BCUT2D eigenvalue weighted by Crippen LogP contribution is 2.42. The minimum Gasteiger partial charge on any atom is -0.0561 e. The molecule has 2 aromatic rings. The first-order valence-electron chi connectivity index (χ1n) is 15.5. The Balaban J connectivity index is 2.71. The van der Waals surface area contributed by atoms with Crippen LogP contribution in [0.1, 0.15) is 176 Å². The van der Waals surface area contributed by atoms with Crippen molar-refractivity contribution >= 4 is 0 Å². The molecule has 0 radical (unpaired) electrons. The molecule has 0 nitrogen and oxygen atoms in total. The third-order valence-electron chi connectivity index (χ3n) is 8.18. The molecule has 0 fully saturated rings. The van der Waals surface area contributed by atoms with Gasteiger partial charge in [0.2, 0.25) is 0 Å². The first-order valence-corrected chi connectivity index (χ1v) is 15.5. The van der Waals surface area contributed by atoms with Gasteiger partial charge in [-0.05, 0) is 96.3 Å². The van der Waals surface area contributed by atoms with Gasteiger partial charge in [-0.3, -0.25) is 0 Å². The Bertz CT molecular complexity index is 1050. The van der Waals surface area contributed by atoms with Gasteiger partial charge in [0.05, 0.1) is 0 Å². The van der Waals surface area contributed by atoms with Crippen molar-refractivity contribution in [1.29, 1.82) is 0 Å². The molecule has 0 spiro atoms. The Kier molecular flexibility index (Phi) is 9.22. The van der Waals surface area contributed by atoms with Crippen LogP contribution in [0, 0.1) is 0 Å². The average molecular weight is 533 g/mol. The zero-order valence-electron chi connectivity index (χ0n) is 29.4. The highest BCUT2D eigenvalue weighted by molar-refractivity contribution is 5.50. The Morgan fingerprint density at radius 2 is 0.641 bits per heavy atom. The van der Waals surface area contributed by atoms with Crippen molar-refractivity contribution in [3.63, 3.8) is 0 Å². The predicted molar refractivity (Wildman–Crippen MR) is 177 cm³/mol. The van der Waals surface area contributed by atoms with E-state index >= 15 is 0 Å². The smallest absolute Gasteiger partial charge is 0.0126 e. The maximum absolute atomic E-state index is 2.55. The van der Waals surface area contributed by atoms with E-state index in [0.717, 1.165) is 12.8 Å². The van der Waals surface area contributed by atoms with E-state index in [0.29, 0.717) is 0 Å². The minimum absolute atomic E-state index is 0.108. The number of aryl methyl sites for hydroxylation is 2. The van der Waals surface area contributed by atoms with Crippen LogP contribution in [0.5, 0.6) is 0 Å². The summed E-state index contributed by atoms with van der Waals surface area (Å²) in [6, 6.07) is 10.1. The summed E-state index contributed by atoms with van der Waals surface area (Å²) < 4.78 is 0. The molecule has 0 bridgehead atoms. The van der Waals surface area contributed by atoms with E-state index in [1.165, 1.54) is 28.7 Å². The summed E-state index contributed by atoms with van der Waals surface area (Å²) in [6.45, 7) is 42.9. The highest BCUT2D eigenvalue weighted by Gasteiger charge is 2.32. The van der Waals surface area contributed by atoms with Crippen LogP contribution >= 0.6 is 0 Å². The van der Waals surface area contributed by atoms with Crippen LogP contribution in [0.3, 0.4) is 0 Å². The Morgan fingerprint density at radius 1 is 0.359 bits per heavy atom. The monoisotopic (exact) mass is 533 g/mol. The van der Waals surface area contributed by atoms with E-state index in [1.807, 2.05) is 0 Å². The van der Waals surface area contributed by atoms with E-state index in [9.17, 15) is 0 Å². The van der Waals surface area contributed by atoms with Gasteiger partial charge in [0.1, 0.15) is 0 Å². The lowest BCUT2D eigenvalue weighted by molar-refractivity contribution is 0.512. The topological polar surface area (TPSA) is 0 Å². The predicted octanol–water partition coefficient (Wildman–Crippen LogP) is 11.6. The van der Waals surface area contributed by atoms with Gasteiger partial charge in [-0.15, -0.1) is 0 Å². The van der Waals surface area contributed by atoms with Crippen LogP contribution < -0.4 is 0 Å². The van der Waals surface area contributed by atoms with Gasteiger partial charge in [-0.2, -0.15) is 0 Å². The van der Waals surface area contributed by atoms with Crippen LogP contribution in [0.4, 0.5) is 0 Å². The summed E-state index contributed by atoms with van der Waals surface area (Å²) >= 11 is 0. The lowest BCUT2D eigenvalue weighted by atomic mass is 9.69. The molecule has 0 unspecified atom stereocenters. The first-order chi connectivity index (χ1) is 17.1. The number of rotatable bonds is 4. The SMILES string of the molecule is CC(C)(C)c1cc(CCCc2cc(C(C)(C)C)cc(C(C)(C)C)c2C(C)(C)C)c(C(C)(C)C)c(C(C)(C)C)c1. The molecule has 0 heterocycles. The molecule has 2 rings (SSSR count). The van der Waals surface area contributed by atoms with Gasteiger partial charge in [0, 0.05) is 0 Å². The average Bonchev–Trinajstić information content (AvgIpc) is 2.68. The van der Waals surface area contributed by atoms with Gasteiger partial charge in [0.15, 0.2) is 0 Å². The molecule has 220 valence electrons. The first kappa shape index (κ1) is 33.6. The van der Waals surface area contributed by atoms with Crippen LogP contribution in [-0.4, -0.2) is 0 Å². The highest BCUT2D eigenvalue weighted by atomic mass is 14.4. The molecule has 0 amide bonds. The standard InChI is InChI=1S/C39H64/c1-34(2,3)28-22-26(32(38(13,14)15)30(24-28)36(7,8)9)20-19-21-27-23-29(35(4,5)6)25-31(37(10,11)12)33(27)39(16,17)18/h22-25H,19-21H2,1-18H3. The number of hydrogen-bond donors (Lipinski definition) is 0. The van der Waals surface area contributed by atoms with Gasteiger partial charge in [-0.25, -0.2) is 0 Å². The summed E-state index contributed by atoms with van der Waals surface area (Å²) in [5, 5.41) is 0. The molecular formula is C39H64. The van der Waals surface area contributed by atoms with Crippen molar-refractivity contribution in [3.05, 3.63) is 68.8 Å². The van der Waals surface area contributed by atoms with Crippen LogP contribution in [-0.2, 0) is 45.3 Å². The van der Waals surface area contributed by atoms with Crippen molar-refractivity contribution in [3.8, 4) is 0 Å². The zero-order chi connectivity index (χ0) is 30.6. The largest absolute Gasteiger partial charge is 0.0561 e. The third kappa shape index (κ3) is 8.24.